The van der Waals surface area contributed by atoms with Crippen LogP contribution in [0.4, 0.5) is 0 Å². The molecule has 26 heavy (non-hydrogen) atoms. The minimum absolute atomic E-state index is 0.0992. The number of piperidine rings is 1. The molecular weight excluding hydrogens is 328 g/mol. The Morgan fingerprint density at radius 3 is 2.81 bits per heavy atom. The first kappa shape index (κ1) is 18.2. The molecule has 0 radical (unpaired) electrons. The highest BCUT2D eigenvalue weighted by Crippen LogP contribution is 2.20. The molecule has 1 aromatic carbocycles. The third-order valence-corrected chi connectivity index (χ3v) is 5.03. The molecule has 0 spiro atoms. The Kier molecular flexibility index (Phi) is 6.04. The summed E-state index contributed by atoms with van der Waals surface area (Å²) in [4.78, 5) is 28.6. The number of carbonyl (C=O) groups excluding carboxylic acids is 2. The van der Waals surface area contributed by atoms with Crippen LogP contribution in [-0.2, 0) is 22.4 Å². The molecule has 6 heteroatoms. The lowest BCUT2D eigenvalue weighted by molar-refractivity contribution is -0.142. The number of likely N-dealkylation sites (tertiary alicyclic amines) is 1. The molecular formula is C20H26N4O2. The molecule has 1 unspecified atom stereocenters. The number of benzene rings is 1. The van der Waals surface area contributed by atoms with Crippen LogP contribution in [0.1, 0.15) is 24.0 Å². The maximum absolute atomic E-state index is 12.7. The number of hydrogen-bond acceptors (Lipinski definition) is 3. The Balaban J connectivity index is 1.51. The van der Waals surface area contributed by atoms with Crippen LogP contribution >= 0.6 is 0 Å². The lowest BCUT2D eigenvalue weighted by Crippen LogP contribution is -2.47. The Bertz CT molecular complexity index is 715. The predicted octanol–water partition coefficient (Wildman–Crippen LogP) is 1.89. The Morgan fingerprint density at radius 2 is 2.08 bits per heavy atom. The molecule has 1 N–H and O–H groups in total. The molecule has 138 valence electrons. The number of carbonyl (C=O) groups is 2. The second kappa shape index (κ2) is 8.65. The lowest BCUT2D eigenvalue weighted by atomic mass is 9.95. The van der Waals surface area contributed by atoms with E-state index in [-0.39, 0.29) is 17.7 Å². The third kappa shape index (κ3) is 4.71. The number of hydrogen-bond donors (Lipinski definition) is 1. The maximum Gasteiger partial charge on any atom is 0.227 e. The summed E-state index contributed by atoms with van der Waals surface area (Å²) in [6.45, 7) is 1.86. The molecule has 0 aliphatic carbocycles. The zero-order chi connectivity index (χ0) is 18.4. The first-order valence-electron chi connectivity index (χ1n) is 9.18. The van der Waals surface area contributed by atoms with E-state index in [0.717, 1.165) is 18.4 Å². The number of amides is 2. The van der Waals surface area contributed by atoms with Crippen molar-refractivity contribution in [1.82, 2.24) is 20.0 Å². The van der Waals surface area contributed by atoms with E-state index in [1.54, 1.807) is 11.1 Å². The van der Waals surface area contributed by atoms with Gasteiger partial charge in [0.1, 0.15) is 0 Å². The Labute approximate surface area is 154 Å². The van der Waals surface area contributed by atoms with Crippen molar-refractivity contribution in [3.63, 3.8) is 0 Å². The molecule has 3 rings (SSSR count). The van der Waals surface area contributed by atoms with Crippen molar-refractivity contribution >= 4 is 11.8 Å². The van der Waals surface area contributed by atoms with E-state index in [1.807, 2.05) is 36.3 Å². The molecule has 1 fully saturated rings. The van der Waals surface area contributed by atoms with Crippen LogP contribution in [0.2, 0.25) is 0 Å². The van der Waals surface area contributed by atoms with Gasteiger partial charge in [0.05, 0.1) is 12.1 Å². The van der Waals surface area contributed by atoms with Gasteiger partial charge in [-0.15, -0.1) is 0 Å². The van der Waals surface area contributed by atoms with Gasteiger partial charge in [0.15, 0.2) is 0 Å². The van der Waals surface area contributed by atoms with Crippen LogP contribution in [0.3, 0.4) is 0 Å². The van der Waals surface area contributed by atoms with Crippen molar-refractivity contribution in [2.75, 3.05) is 26.7 Å². The summed E-state index contributed by atoms with van der Waals surface area (Å²) in [7, 11) is 1.84. The second-order valence-electron chi connectivity index (χ2n) is 6.93. The molecule has 2 heterocycles. The van der Waals surface area contributed by atoms with Crippen LogP contribution in [0.15, 0.2) is 42.7 Å². The fourth-order valence-electron chi connectivity index (χ4n) is 3.37. The standard InChI is InChI=1S/C20H26N4O2/c1-23(11-9-17-13-21-22-14-17)20(26)18-7-8-19(25)24(15-18)12-10-16-5-3-2-4-6-16/h2-6,13-14,18H,7-12,15H2,1H3,(H,21,22). The van der Waals surface area contributed by atoms with Crippen molar-refractivity contribution in [2.24, 2.45) is 5.92 Å². The highest BCUT2D eigenvalue weighted by Gasteiger charge is 2.31. The van der Waals surface area contributed by atoms with Crippen LogP contribution < -0.4 is 0 Å². The number of aromatic amines is 1. The van der Waals surface area contributed by atoms with Crippen molar-refractivity contribution in [1.29, 1.82) is 0 Å². The average molecular weight is 354 g/mol. The summed E-state index contributed by atoms with van der Waals surface area (Å²) in [6.07, 6.45) is 6.34. The van der Waals surface area contributed by atoms with Gasteiger partial charge >= 0.3 is 0 Å². The lowest BCUT2D eigenvalue weighted by Gasteiger charge is -2.34. The van der Waals surface area contributed by atoms with Crippen LogP contribution in [-0.4, -0.2) is 58.5 Å². The van der Waals surface area contributed by atoms with E-state index >= 15 is 0 Å². The van der Waals surface area contributed by atoms with Gasteiger partial charge in [-0.1, -0.05) is 30.3 Å². The van der Waals surface area contributed by atoms with E-state index in [9.17, 15) is 9.59 Å². The summed E-state index contributed by atoms with van der Waals surface area (Å²) in [5, 5.41) is 6.71. The van der Waals surface area contributed by atoms with Crippen LogP contribution in [0, 0.1) is 5.92 Å². The average Bonchev–Trinajstić information content (AvgIpc) is 3.19. The van der Waals surface area contributed by atoms with Crippen molar-refractivity contribution in [3.8, 4) is 0 Å². The zero-order valence-corrected chi connectivity index (χ0v) is 15.2. The van der Waals surface area contributed by atoms with Crippen LogP contribution in [0.25, 0.3) is 0 Å². The maximum atomic E-state index is 12.7. The summed E-state index contributed by atoms with van der Waals surface area (Å²) < 4.78 is 0. The van der Waals surface area contributed by atoms with E-state index in [4.69, 9.17) is 0 Å². The molecule has 2 aromatic rings. The molecule has 2 amide bonds. The second-order valence-corrected chi connectivity index (χ2v) is 6.93. The molecule has 1 aliphatic heterocycles. The zero-order valence-electron chi connectivity index (χ0n) is 15.2. The Morgan fingerprint density at radius 1 is 1.27 bits per heavy atom. The van der Waals surface area contributed by atoms with Crippen molar-refractivity contribution < 1.29 is 9.59 Å². The SMILES string of the molecule is CN(CCc1cn[nH]c1)C(=O)C1CCC(=O)N(CCc2ccccc2)C1. The van der Waals surface area contributed by atoms with Crippen molar-refractivity contribution in [3.05, 3.63) is 53.9 Å². The van der Waals surface area contributed by atoms with Gasteiger partial charge in [-0.3, -0.25) is 14.7 Å². The fourth-order valence-corrected chi connectivity index (χ4v) is 3.37. The fraction of sp³-hybridized carbons (Fsp3) is 0.450. The number of likely N-dealkylation sites (N-methyl/N-ethyl adjacent to an activating group) is 1. The highest BCUT2D eigenvalue weighted by molar-refractivity contribution is 5.83. The summed E-state index contributed by atoms with van der Waals surface area (Å²) in [5.41, 5.74) is 2.30. The van der Waals surface area contributed by atoms with Gasteiger partial charge < -0.3 is 9.80 Å². The molecule has 0 bridgehead atoms. The number of rotatable bonds is 7. The van der Waals surface area contributed by atoms with E-state index in [1.165, 1.54) is 5.56 Å². The highest BCUT2D eigenvalue weighted by atomic mass is 16.2. The molecule has 1 atom stereocenters. The van der Waals surface area contributed by atoms with Crippen molar-refractivity contribution in [2.45, 2.75) is 25.7 Å². The molecule has 1 aromatic heterocycles. The first-order valence-corrected chi connectivity index (χ1v) is 9.18. The quantitative estimate of drug-likeness (QED) is 0.825. The first-order chi connectivity index (χ1) is 12.6. The van der Waals surface area contributed by atoms with Gasteiger partial charge in [-0.2, -0.15) is 5.10 Å². The monoisotopic (exact) mass is 354 g/mol. The molecule has 0 saturated carbocycles. The number of nitrogens with one attached hydrogen (secondary N) is 1. The molecule has 6 nitrogen and oxygen atoms in total. The topological polar surface area (TPSA) is 69.3 Å². The largest absolute Gasteiger partial charge is 0.345 e. The minimum Gasteiger partial charge on any atom is -0.345 e. The van der Waals surface area contributed by atoms with Gasteiger partial charge in [0, 0.05) is 39.3 Å². The smallest absolute Gasteiger partial charge is 0.227 e. The molecule has 1 saturated heterocycles. The summed E-state index contributed by atoms with van der Waals surface area (Å²) >= 11 is 0. The number of H-pyrrole nitrogens is 1. The van der Waals surface area contributed by atoms with E-state index < -0.39 is 0 Å². The minimum atomic E-state index is -0.0992. The van der Waals surface area contributed by atoms with Gasteiger partial charge in [0.2, 0.25) is 11.8 Å². The summed E-state index contributed by atoms with van der Waals surface area (Å²) in [6, 6.07) is 10.1. The number of aromatic nitrogens is 2. The van der Waals surface area contributed by atoms with E-state index in [0.29, 0.717) is 32.5 Å². The molecule has 1 aliphatic rings. The van der Waals surface area contributed by atoms with Gasteiger partial charge in [-0.05, 0) is 30.4 Å². The summed E-state index contributed by atoms with van der Waals surface area (Å²) in [5.74, 6) is 0.189. The van der Waals surface area contributed by atoms with Gasteiger partial charge in [-0.25, -0.2) is 0 Å². The number of nitrogens with zero attached hydrogens (tertiary/aromatic N) is 3. The normalized spacial score (nSPS) is 17.3. The Hall–Kier alpha value is -2.63. The van der Waals surface area contributed by atoms with Gasteiger partial charge in [0.25, 0.3) is 0 Å². The van der Waals surface area contributed by atoms with Crippen LogP contribution in [0.5, 0.6) is 0 Å². The third-order valence-electron chi connectivity index (χ3n) is 5.03. The predicted molar refractivity (Wildman–Crippen MR) is 99.4 cm³/mol. The van der Waals surface area contributed by atoms with E-state index in [2.05, 4.69) is 22.3 Å².